The van der Waals surface area contributed by atoms with E-state index in [1.165, 1.54) is 18.3 Å². The number of carbonyl (C=O) groups excluding carboxylic acids is 2. The number of hydrogen-bond donors (Lipinski definition) is 2. The molecule has 1 saturated heterocycles. The highest BCUT2D eigenvalue weighted by atomic mass is 16.2. The van der Waals surface area contributed by atoms with Gasteiger partial charge in [-0.1, -0.05) is 6.07 Å². The number of aromatic nitrogens is 1. The summed E-state index contributed by atoms with van der Waals surface area (Å²) in [4.78, 5) is 39.1. The third-order valence-electron chi connectivity index (χ3n) is 3.54. The molecule has 1 aromatic carbocycles. The Morgan fingerprint density at radius 2 is 2.05 bits per heavy atom. The van der Waals surface area contributed by atoms with E-state index in [4.69, 9.17) is 0 Å². The number of H-pyrrole nitrogens is 1. The van der Waals surface area contributed by atoms with Gasteiger partial charge in [0.1, 0.15) is 0 Å². The lowest BCUT2D eigenvalue weighted by atomic mass is 10.2. The molecule has 3 rings (SSSR count). The minimum atomic E-state index is -0.318. The van der Waals surface area contributed by atoms with Crippen molar-refractivity contribution in [2.24, 2.45) is 0 Å². The predicted molar refractivity (Wildman–Crippen MR) is 83.0 cm³/mol. The number of pyridine rings is 1. The maximum Gasteiger partial charge on any atom is 0.257 e. The Morgan fingerprint density at radius 1 is 1.18 bits per heavy atom. The molecule has 1 aliphatic rings. The number of rotatable bonds is 3. The van der Waals surface area contributed by atoms with Gasteiger partial charge in [-0.25, -0.2) is 0 Å². The van der Waals surface area contributed by atoms with Crippen LogP contribution in [0.1, 0.15) is 23.2 Å². The van der Waals surface area contributed by atoms with Crippen LogP contribution in [0.4, 0.5) is 11.4 Å². The summed E-state index contributed by atoms with van der Waals surface area (Å²) in [6.45, 7) is 0.705. The van der Waals surface area contributed by atoms with Crippen LogP contribution in [-0.4, -0.2) is 23.3 Å². The molecule has 1 aromatic heterocycles. The highest BCUT2D eigenvalue weighted by molar-refractivity contribution is 6.04. The van der Waals surface area contributed by atoms with Crippen LogP contribution in [0.2, 0.25) is 0 Å². The second-order valence-corrected chi connectivity index (χ2v) is 5.09. The summed E-state index contributed by atoms with van der Waals surface area (Å²) in [6.07, 6.45) is 2.78. The summed E-state index contributed by atoms with van der Waals surface area (Å²) in [5, 5.41) is 2.76. The van der Waals surface area contributed by atoms with Crippen LogP contribution in [0.15, 0.2) is 47.4 Å². The second-order valence-electron chi connectivity index (χ2n) is 5.09. The van der Waals surface area contributed by atoms with Gasteiger partial charge in [-0.05, 0) is 30.7 Å². The smallest absolute Gasteiger partial charge is 0.257 e. The zero-order chi connectivity index (χ0) is 15.5. The monoisotopic (exact) mass is 297 g/mol. The Labute approximate surface area is 126 Å². The van der Waals surface area contributed by atoms with Crippen LogP contribution in [0.5, 0.6) is 0 Å². The molecule has 1 aliphatic heterocycles. The molecule has 0 radical (unpaired) electrons. The number of nitrogens with one attached hydrogen (secondary N) is 2. The van der Waals surface area contributed by atoms with Gasteiger partial charge in [0.25, 0.3) is 5.91 Å². The van der Waals surface area contributed by atoms with E-state index in [2.05, 4.69) is 10.3 Å². The van der Waals surface area contributed by atoms with E-state index < -0.39 is 0 Å². The summed E-state index contributed by atoms with van der Waals surface area (Å²) in [6, 6.07) is 9.93. The summed E-state index contributed by atoms with van der Waals surface area (Å²) in [5.74, 6) is -0.217. The van der Waals surface area contributed by atoms with E-state index in [1.807, 2.05) is 6.07 Å². The Kier molecular flexibility index (Phi) is 3.74. The normalized spacial score (nSPS) is 14.2. The van der Waals surface area contributed by atoms with Crippen molar-refractivity contribution < 1.29 is 9.59 Å². The molecule has 0 bridgehead atoms. The van der Waals surface area contributed by atoms with Crippen LogP contribution >= 0.6 is 0 Å². The fourth-order valence-corrected chi connectivity index (χ4v) is 2.43. The molecule has 22 heavy (non-hydrogen) atoms. The minimum absolute atomic E-state index is 0.101. The Morgan fingerprint density at radius 3 is 2.73 bits per heavy atom. The van der Waals surface area contributed by atoms with E-state index in [0.29, 0.717) is 24.2 Å². The molecule has 2 N–H and O–H groups in total. The van der Waals surface area contributed by atoms with E-state index in [0.717, 1.165) is 12.1 Å². The number of anilines is 2. The third-order valence-corrected chi connectivity index (χ3v) is 3.54. The SMILES string of the molecule is O=C(Nc1cccc(N2CCCC2=O)c1)c1ccc(=O)[nH]c1. The summed E-state index contributed by atoms with van der Waals surface area (Å²) in [5.41, 5.74) is 1.49. The van der Waals surface area contributed by atoms with E-state index in [-0.39, 0.29) is 17.4 Å². The highest BCUT2D eigenvalue weighted by Crippen LogP contribution is 2.24. The van der Waals surface area contributed by atoms with Crippen LogP contribution in [0.3, 0.4) is 0 Å². The molecule has 0 saturated carbocycles. The van der Waals surface area contributed by atoms with Crippen LogP contribution in [-0.2, 0) is 4.79 Å². The fourth-order valence-electron chi connectivity index (χ4n) is 2.43. The molecule has 2 heterocycles. The molecule has 0 aliphatic carbocycles. The number of aromatic amines is 1. The summed E-state index contributed by atoms with van der Waals surface area (Å²) in [7, 11) is 0. The van der Waals surface area contributed by atoms with Crippen molar-refractivity contribution in [3.63, 3.8) is 0 Å². The van der Waals surface area contributed by atoms with Crippen molar-refractivity contribution >= 4 is 23.2 Å². The van der Waals surface area contributed by atoms with Gasteiger partial charge in [-0.2, -0.15) is 0 Å². The number of nitrogens with zero attached hydrogens (tertiary/aromatic N) is 1. The molecule has 0 spiro atoms. The first kappa shape index (κ1) is 14.1. The van der Waals surface area contributed by atoms with Crippen molar-refractivity contribution in [2.75, 3.05) is 16.8 Å². The van der Waals surface area contributed by atoms with Gasteiger partial charge in [-0.3, -0.25) is 14.4 Å². The number of benzene rings is 1. The highest BCUT2D eigenvalue weighted by Gasteiger charge is 2.21. The first-order chi connectivity index (χ1) is 10.6. The van der Waals surface area contributed by atoms with E-state index in [1.54, 1.807) is 23.1 Å². The number of hydrogen-bond acceptors (Lipinski definition) is 3. The molecule has 0 unspecified atom stereocenters. The molecule has 112 valence electrons. The molecule has 1 fully saturated rings. The fraction of sp³-hybridized carbons (Fsp3) is 0.188. The minimum Gasteiger partial charge on any atom is -0.328 e. The van der Waals surface area contributed by atoms with Crippen molar-refractivity contribution in [3.8, 4) is 0 Å². The van der Waals surface area contributed by atoms with E-state index >= 15 is 0 Å². The molecule has 6 nitrogen and oxygen atoms in total. The first-order valence-corrected chi connectivity index (χ1v) is 7.04. The average Bonchev–Trinajstić information content (AvgIpc) is 2.94. The predicted octanol–water partition coefficient (Wildman–Crippen LogP) is 1.75. The van der Waals surface area contributed by atoms with Crippen molar-refractivity contribution in [1.29, 1.82) is 0 Å². The molecule has 2 aromatic rings. The largest absolute Gasteiger partial charge is 0.328 e. The quantitative estimate of drug-likeness (QED) is 0.905. The summed E-state index contributed by atoms with van der Waals surface area (Å²) >= 11 is 0. The lowest BCUT2D eigenvalue weighted by Gasteiger charge is -2.16. The molecular formula is C16H15N3O3. The van der Waals surface area contributed by atoms with Gasteiger partial charge in [0.05, 0.1) is 5.56 Å². The summed E-state index contributed by atoms with van der Waals surface area (Å²) < 4.78 is 0. The lowest BCUT2D eigenvalue weighted by Crippen LogP contribution is -2.23. The lowest BCUT2D eigenvalue weighted by molar-refractivity contribution is -0.117. The van der Waals surface area contributed by atoms with Crippen molar-refractivity contribution in [1.82, 2.24) is 4.98 Å². The first-order valence-electron chi connectivity index (χ1n) is 7.04. The van der Waals surface area contributed by atoms with Gasteiger partial charge >= 0.3 is 0 Å². The molecule has 0 atom stereocenters. The zero-order valence-electron chi connectivity index (χ0n) is 11.8. The van der Waals surface area contributed by atoms with Crippen LogP contribution in [0.25, 0.3) is 0 Å². The van der Waals surface area contributed by atoms with Crippen LogP contribution in [0, 0.1) is 0 Å². The van der Waals surface area contributed by atoms with Gasteiger partial charge in [0.15, 0.2) is 0 Å². The van der Waals surface area contributed by atoms with Crippen molar-refractivity contribution in [3.05, 3.63) is 58.5 Å². The Hall–Kier alpha value is -2.89. The van der Waals surface area contributed by atoms with Crippen molar-refractivity contribution in [2.45, 2.75) is 12.8 Å². The van der Waals surface area contributed by atoms with Gasteiger partial charge in [-0.15, -0.1) is 0 Å². The van der Waals surface area contributed by atoms with Gasteiger partial charge < -0.3 is 15.2 Å². The molecular weight excluding hydrogens is 282 g/mol. The molecule has 2 amide bonds. The Balaban J connectivity index is 1.78. The van der Waals surface area contributed by atoms with Crippen LogP contribution < -0.4 is 15.8 Å². The third kappa shape index (κ3) is 2.90. The zero-order valence-corrected chi connectivity index (χ0v) is 11.8. The van der Waals surface area contributed by atoms with Gasteiger partial charge in [0, 0.05) is 36.6 Å². The van der Waals surface area contributed by atoms with Gasteiger partial charge in [0.2, 0.25) is 11.5 Å². The number of amides is 2. The molecule has 6 heteroatoms. The maximum absolute atomic E-state index is 12.1. The maximum atomic E-state index is 12.1. The van der Waals surface area contributed by atoms with E-state index in [9.17, 15) is 14.4 Å². The second kappa shape index (κ2) is 5.85. The topological polar surface area (TPSA) is 82.3 Å². The Bertz CT molecular complexity index is 762. The average molecular weight is 297 g/mol. The number of carbonyl (C=O) groups is 2. The standard InChI is InChI=1S/C16H15N3O3/c20-14-7-6-11(10-17-14)16(22)18-12-3-1-4-13(9-12)19-8-2-5-15(19)21/h1,3-4,6-7,9-10H,2,5,8H2,(H,17,20)(H,18,22).